The van der Waals surface area contributed by atoms with E-state index in [-0.39, 0.29) is 77.4 Å². The SMILES string of the molecule is CCOC(=O)CN(CCN(CP(=O)(OCC)OCC)[C@@H]1CCCC[C@H]1NCP(=O)(OCC)OCC)CC(=O)OCC. The lowest BCUT2D eigenvalue weighted by Gasteiger charge is -2.42. The molecule has 0 unspecified atom stereocenters. The highest BCUT2D eigenvalue weighted by Crippen LogP contribution is 2.50. The molecule has 1 aliphatic carbocycles. The maximum Gasteiger partial charge on any atom is 0.344 e. The van der Waals surface area contributed by atoms with Crippen LogP contribution in [0.4, 0.5) is 0 Å². The summed E-state index contributed by atoms with van der Waals surface area (Å²) in [5.74, 6) is -0.894. The standard InChI is InChI=1S/C26H53N3O10P2/c1-7-34-25(30)19-28(20-26(31)35-8-2)17-18-29(22-41(33,38-11-5)39-12-6)24-16-14-13-15-23(24)27-21-40(32,36-9-3)37-10-4/h23-24,27H,7-22H2,1-6H3/t23-,24-/m1/s1. The minimum absolute atomic E-state index is 0.0265. The quantitative estimate of drug-likeness (QED) is 0.128. The first-order valence-corrected chi connectivity index (χ1v) is 18.3. The third-order valence-electron chi connectivity index (χ3n) is 6.42. The molecule has 0 spiro atoms. The molecule has 1 N–H and O–H groups in total. The van der Waals surface area contributed by atoms with Crippen molar-refractivity contribution in [2.45, 2.75) is 79.3 Å². The summed E-state index contributed by atoms with van der Waals surface area (Å²) in [6.45, 7) is 12.4. The van der Waals surface area contributed by atoms with Gasteiger partial charge < -0.3 is 32.9 Å². The van der Waals surface area contributed by atoms with Crippen LogP contribution in [0.1, 0.15) is 67.2 Å². The van der Waals surface area contributed by atoms with Crippen LogP contribution in [0.15, 0.2) is 0 Å². The van der Waals surface area contributed by atoms with E-state index in [0.717, 1.165) is 25.7 Å². The molecular weight excluding hydrogens is 576 g/mol. The molecule has 0 saturated heterocycles. The fourth-order valence-corrected chi connectivity index (χ4v) is 8.20. The van der Waals surface area contributed by atoms with E-state index in [0.29, 0.717) is 13.1 Å². The Hall–Kier alpha value is -0.880. The minimum atomic E-state index is -3.49. The Bertz CT molecular complexity index is 810. The Morgan fingerprint density at radius 2 is 1.20 bits per heavy atom. The van der Waals surface area contributed by atoms with Crippen LogP contribution in [-0.4, -0.2) is 112 Å². The number of nitrogens with one attached hydrogen (secondary N) is 1. The van der Waals surface area contributed by atoms with Gasteiger partial charge in [0.05, 0.1) is 59.0 Å². The number of nitrogens with zero attached hydrogens (tertiary/aromatic N) is 2. The molecule has 1 saturated carbocycles. The highest BCUT2D eigenvalue weighted by atomic mass is 31.2. The van der Waals surface area contributed by atoms with Gasteiger partial charge in [-0.3, -0.25) is 28.5 Å². The van der Waals surface area contributed by atoms with E-state index in [2.05, 4.69) is 5.32 Å². The summed E-state index contributed by atoms with van der Waals surface area (Å²) in [5.41, 5.74) is 0. The predicted octanol–water partition coefficient (Wildman–Crippen LogP) is 4.06. The summed E-state index contributed by atoms with van der Waals surface area (Å²) in [6.07, 6.45) is 3.61. The van der Waals surface area contributed by atoms with Crippen LogP contribution < -0.4 is 5.32 Å². The van der Waals surface area contributed by atoms with Crippen molar-refractivity contribution in [2.75, 3.05) is 78.4 Å². The molecule has 1 rings (SSSR count). The van der Waals surface area contributed by atoms with Crippen molar-refractivity contribution in [1.82, 2.24) is 15.1 Å². The van der Waals surface area contributed by atoms with Crippen LogP contribution in [0.3, 0.4) is 0 Å². The number of ether oxygens (including phenoxy) is 2. The smallest absolute Gasteiger partial charge is 0.344 e. The van der Waals surface area contributed by atoms with Crippen LogP contribution in [0, 0.1) is 0 Å². The lowest BCUT2D eigenvalue weighted by Crippen LogP contribution is -2.54. The first-order valence-electron chi connectivity index (χ1n) is 14.9. The molecule has 0 amide bonds. The van der Waals surface area contributed by atoms with Crippen LogP contribution in [0.5, 0.6) is 0 Å². The molecule has 242 valence electrons. The summed E-state index contributed by atoms with van der Waals surface area (Å²) >= 11 is 0. The van der Waals surface area contributed by atoms with Gasteiger partial charge in [0.15, 0.2) is 0 Å². The Kier molecular flexibility index (Phi) is 19.5. The Labute approximate surface area is 246 Å². The third kappa shape index (κ3) is 14.9. The van der Waals surface area contributed by atoms with Crippen molar-refractivity contribution in [3.8, 4) is 0 Å². The van der Waals surface area contributed by atoms with E-state index < -0.39 is 27.1 Å². The van der Waals surface area contributed by atoms with E-state index in [9.17, 15) is 18.7 Å². The fourth-order valence-electron chi connectivity index (χ4n) is 4.88. The topological polar surface area (TPSA) is 142 Å². The van der Waals surface area contributed by atoms with Crippen LogP contribution in [0.25, 0.3) is 0 Å². The monoisotopic (exact) mass is 629 g/mol. The zero-order valence-electron chi connectivity index (χ0n) is 25.8. The molecule has 0 radical (unpaired) electrons. The molecule has 0 bridgehead atoms. The van der Waals surface area contributed by atoms with Crippen molar-refractivity contribution in [2.24, 2.45) is 0 Å². The second-order valence-corrected chi connectivity index (χ2v) is 13.6. The molecule has 0 aromatic carbocycles. The van der Waals surface area contributed by atoms with E-state index in [4.69, 9.17) is 27.6 Å². The Morgan fingerprint density at radius 1 is 0.707 bits per heavy atom. The average molecular weight is 630 g/mol. The molecule has 2 atom stereocenters. The number of rotatable bonds is 23. The summed E-state index contributed by atoms with van der Waals surface area (Å²) in [6, 6.07) is -0.208. The highest BCUT2D eigenvalue weighted by Gasteiger charge is 2.37. The molecule has 13 nitrogen and oxygen atoms in total. The van der Waals surface area contributed by atoms with E-state index in [1.807, 2.05) is 4.90 Å². The molecule has 0 heterocycles. The van der Waals surface area contributed by atoms with Gasteiger partial charge in [-0.2, -0.15) is 0 Å². The zero-order chi connectivity index (χ0) is 30.7. The van der Waals surface area contributed by atoms with Gasteiger partial charge in [-0.1, -0.05) is 12.8 Å². The third-order valence-corrected chi connectivity index (χ3v) is 10.3. The number of carbonyl (C=O) groups excluding carboxylic acids is 2. The van der Waals surface area contributed by atoms with Gasteiger partial charge in [0.1, 0.15) is 6.29 Å². The van der Waals surface area contributed by atoms with Crippen LogP contribution in [-0.2, 0) is 46.3 Å². The summed E-state index contributed by atoms with van der Waals surface area (Å²) in [4.78, 5) is 28.3. The Morgan fingerprint density at radius 3 is 1.68 bits per heavy atom. The molecule has 0 aromatic rings. The highest BCUT2D eigenvalue weighted by molar-refractivity contribution is 7.54. The second kappa shape index (κ2) is 20.9. The predicted molar refractivity (Wildman–Crippen MR) is 157 cm³/mol. The van der Waals surface area contributed by atoms with Crippen LogP contribution in [0.2, 0.25) is 0 Å². The number of hydrogen-bond donors (Lipinski definition) is 1. The van der Waals surface area contributed by atoms with E-state index in [1.165, 1.54) is 0 Å². The first-order chi connectivity index (χ1) is 19.6. The maximum atomic E-state index is 13.7. The summed E-state index contributed by atoms with van der Waals surface area (Å²) in [5, 5.41) is 3.41. The normalized spacial score (nSPS) is 18.1. The van der Waals surface area contributed by atoms with Gasteiger partial charge in [0, 0.05) is 25.2 Å². The minimum Gasteiger partial charge on any atom is -0.465 e. The van der Waals surface area contributed by atoms with Gasteiger partial charge in [-0.25, -0.2) is 0 Å². The molecule has 0 aromatic heterocycles. The largest absolute Gasteiger partial charge is 0.465 e. The van der Waals surface area contributed by atoms with E-state index in [1.54, 1.807) is 46.4 Å². The second-order valence-electron chi connectivity index (χ2n) is 9.49. The molecular formula is C26H53N3O10P2. The van der Waals surface area contributed by atoms with Crippen molar-refractivity contribution < 1.29 is 46.3 Å². The summed E-state index contributed by atoms with van der Waals surface area (Å²) in [7, 11) is -6.81. The maximum absolute atomic E-state index is 13.7. The van der Waals surface area contributed by atoms with Gasteiger partial charge in [0.25, 0.3) is 0 Å². The van der Waals surface area contributed by atoms with Gasteiger partial charge in [-0.05, 0) is 54.4 Å². The van der Waals surface area contributed by atoms with Crippen molar-refractivity contribution in [3.63, 3.8) is 0 Å². The van der Waals surface area contributed by atoms with Gasteiger partial charge in [-0.15, -0.1) is 0 Å². The summed E-state index contributed by atoms with van der Waals surface area (Å²) < 4.78 is 59.3. The lowest BCUT2D eigenvalue weighted by atomic mass is 9.89. The fraction of sp³-hybridized carbons (Fsp3) is 0.923. The molecule has 1 fully saturated rings. The van der Waals surface area contributed by atoms with Gasteiger partial charge in [0.2, 0.25) is 0 Å². The molecule has 41 heavy (non-hydrogen) atoms. The van der Waals surface area contributed by atoms with Gasteiger partial charge >= 0.3 is 27.1 Å². The molecule has 1 aliphatic rings. The first kappa shape index (κ1) is 38.1. The number of carbonyl (C=O) groups is 2. The number of esters is 2. The Balaban J connectivity index is 3.24. The van der Waals surface area contributed by atoms with Crippen LogP contribution >= 0.6 is 15.2 Å². The lowest BCUT2D eigenvalue weighted by molar-refractivity contribution is -0.148. The average Bonchev–Trinajstić information content (AvgIpc) is 2.91. The molecule has 15 heteroatoms. The van der Waals surface area contributed by atoms with Crippen molar-refractivity contribution in [1.29, 1.82) is 0 Å². The molecule has 0 aliphatic heterocycles. The van der Waals surface area contributed by atoms with E-state index >= 15 is 0 Å². The zero-order valence-corrected chi connectivity index (χ0v) is 27.6. The van der Waals surface area contributed by atoms with Crippen molar-refractivity contribution in [3.05, 3.63) is 0 Å². The van der Waals surface area contributed by atoms with Crippen molar-refractivity contribution >= 4 is 27.1 Å². The number of hydrogen-bond acceptors (Lipinski definition) is 13.